The van der Waals surface area contributed by atoms with E-state index < -0.39 is 21.8 Å². The Bertz CT molecular complexity index is 1310. The first-order valence-corrected chi connectivity index (χ1v) is 10.2. The number of aromatic nitrogens is 3. The number of aryl methyl sites for hydroxylation is 1. The Morgan fingerprint density at radius 1 is 0.967 bits per heavy atom. The van der Waals surface area contributed by atoms with E-state index in [-0.39, 0.29) is 10.6 Å². The third kappa shape index (κ3) is 3.86. The number of hydrogen-bond donors (Lipinski definition) is 2. The molecule has 0 aliphatic rings. The molecule has 4 rings (SSSR count). The van der Waals surface area contributed by atoms with Gasteiger partial charge in [-0.1, -0.05) is 12.1 Å². The summed E-state index contributed by atoms with van der Waals surface area (Å²) < 4.78 is 65.3. The number of sulfonamides is 1. The van der Waals surface area contributed by atoms with Gasteiger partial charge in [-0.15, -0.1) is 0 Å². The Morgan fingerprint density at radius 2 is 1.63 bits per heavy atom. The predicted octanol–water partition coefficient (Wildman–Crippen LogP) is 4.75. The molecule has 0 saturated heterocycles. The van der Waals surface area contributed by atoms with Gasteiger partial charge >= 0.3 is 6.18 Å². The molecule has 0 atom stereocenters. The highest BCUT2D eigenvalue weighted by Crippen LogP contribution is 2.30. The van der Waals surface area contributed by atoms with Gasteiger partial charge in [-0.25, -0.2) is 18.4 Å². The zero-order valence-electron chi connectivity index (χ0n) is 15.5. The summed E-state index contributed by atoms with van der Waals surface area (Å²) in [7, 11) is -4.03. The molecule has 0 aliphatic carbocycles. The number of aromatic amines is 1. The molecule has 0 saturated carbocycles. The van der Waals surface area contributed by atoms with Crippen LogP contribution >= 0.6 is 0 Å². The van der Waals surface area contributed by atoms with Crippen molar-refractivity contribution < 1.29 is 21.6 Å². The number of anilines is 1. The third-order valence-electron chi connectivity index (χ3n) is 4.46. The lowest BCUT2D eigenvalue weighted by molar-refractivity contribution is -0.137. The normalized spacial score (nSPS) is 12.3. The van der Waals surface area contributed by atoms with Gasteiger partial charge < -0.3 is 4.98 Å². The van der Waals surface area contributed by atoms with Gasteiger partial charge in [-0.05, 0) is 49.4 Å². The van der Waals surface area contributed by atoms with Gasteiger partial charge in [0.15, 0.2) is 0 Å². The first kappa shape index (κ1) is 19.9. The van der Waals surface area contributed by atoms with Gasteiger partial charge in [0, 0.05) is 22.3 Å². The maximum absolute atomic E-state index is 12.7. The topological polar surface area (TPSA) is 87.7 Å². The number of rotatable bonds is 4. The minimum Gasteiger partial charge on any atom is -0.343 e. The molecule has 6 nitrogen and oxygen atoms in total. The summed E-state index contributed by atoms with van der Waals surface area (Å²) in [5, 5.41) is 0.841. The molecule has 2 N–H and O–H groups in total. The monoisotopic (exact) mass is 432 g/mol. The summed E-state index contributed by atoms with van der Waals surface area (Å²) >= 11 is 0. The van der Waals surface area contributed by atoms with Crippen molar-refractivity contribution in [3.8, 4) is 11.3 Å². The largest absolute Gasteiger partial charge is 0.416 e. The van der Waals surface area contributed by atoms with E-state index in [1.807, 2.05) is 13.0 Å². The summed E-state index contributed by atoms with van der Waals surface area (Å²) in [4.78, 5) is 11.4. The van der Waals surface area contributed by atoms with Crippen LogP contribution in [0.1, 0.15) is 11.3 Å². The van der Waals surface area contributed by atoms with E-state index in [2.05, 4.69) is 19.7 Å². The minimum absolute atomic E-state index is 0.264. The molecule has 0 bridgehead atoms. The SMILES string of the molecule is Cc1cc2c(-c3ccc(NS(=O)(=O)c4ccc(C(F)(F)F)cc4)cc3)ncnc2[nH]1. The van der Waals surface area contributed by atoms with E-state index in [4.69, 9.17) is 0 Å². The molecule has 0 spiro atoms. The number of fused-ring (bicyclic) bond motifs is 1. The molecule has 0 radical (unpaired) electrons. The Labute approximate surface area is 169 Å². The Kier molecular flexibility index (Phi) is 4.73. The molecule has 2 aromatic carbocycles. The van der Waals surface area contributed by atoms with Crippen LogP contribution in [0.3, 0.4) is 0 Å². The van der Waals surface area contributed by atoms with Gasteiger partial charge in [0.25, 0.3) is 10.0 Å². The van der Waals surface area contributed by atoms with Crippen LogP contribution in [-0.2, 0) is 16.2 Å². The second kappa shape index (κ2) is 7.13. The molecular weight excluding hydrogens is 417 g/mol. The number of nitrogens with zero attached hydrogens (tertiary/aromatic N) is 2. The molecule has 2 heterocycles. The van der Waals surface area contributed by atoms with E-state index in [1.54, 1.807) is 24.3 Å². The summed E-state index contributed by atoms with van der Waals surface area (Å²) in [6.07, 6.45) is -3.09. The van der Waals surface area contributed by atoms with Crippen molar-refractivity contribution >= 4 is 26.7 Å². The highest BCUT2D eigenvalue weighted by Gasteiger charge is 2.30. The van der Waals surface area contributed by atoms with Crippen LogP contribution in [0.15, 0.2) is 65.8 Å². The zero-order valence-corrected chi connectivity index (χ0v) is 16.3. The van der Waals surface area contributed by atoms with Crippen LogP contribution in [0.2, 0.25) is 0 Å². The number of halogens is 3. The van der Waals surface area contributed by atoms with Crippen molar-refractivity contribution in [1.29, 1.82) is 0 Å². The molecule has 154 valence electrons. The van der Waals surface area contributed by atoms with Crippen molar-refractivity contribution in [3.05, 3.63) is 72.2 Å². The lowest BCUT2D eigenvalue weighted by Crippen LogP contribution is -2.13. The fourth-order valence-corrected chi connectivity index (χ4v) is 4.09. The fraction of sp³-hybridized carbons (Fsp3) is 0.100. The molecular formula is C20H15F3N4O2S. The van der Waals surface area contributed by atoms with Gasteiger partial charge in [-0.2, -0.15) is 13.2 Å². The third-order valence-corrected chi connectivity index (χ3v) is 5.86. The van der Waals surface area contributed by atoms with Gasteiger partial charge in [0.2, 0.25) is 0 Å². The fourth-order valence-electron chi connectivity index (χ4n) is 3.03. The highest BCUT2D eigenvalue weighted by molar-refractivity contribution is 7.92. The van der Waals surface area contributed by atoms with E-state index in [1.165, 1.54) is 6.33 Å². The van der Waals surface area contributed by atoms with E-state index in [0.29, 0.717) is 11.3 Å². The molecule has 0 amide bonds. The quantitative estimate of drug-likeness (QED) is 0.487. The molecule has 30 heavy (non-hydrogen) atoms. The van der Waals surface area contributed by atoms with Crippen LogP contribution in [0.5, 0.6) is 0 Å². The van der Waals surface area contributed by atoms with E-state index in [9.17, 15) is 21.6 Å². The second-order valence-electron chi connectivity index (χ2n) is 6.64. The number of hydrogen-bond acceptors (Lipinski definition) is 4. The van der Waals surface area contributed by atoms with Crippen LogP contribution in [-0.4, -0.2) is 23.4 Å². The standard InChI is InChI=1S/C20H15F3N4O2S/c1-12-10-17-18(24-11-25-19(17)26-12)13-2-6-15(7-3-13)27-30(28,29)16-8-4-14(5-9-16)20(21,22)23/h2-11,27H,1H3,(H,24,25,26). The smallest absolute Gasteiger partial charge is 0.343 e. The second-order valence-corrected chi connectivity index (χ2v) is 8.32. The maximum atomic E-state index is 12.7. The van der Waals surface area contributed by atoms with Crippen LogP contribution in [0, 0.1) is 6.92 Å². The van der Waals surface area contributed by atoms with Crippen molar-refractivity contribution in [2.75, 3.05) is 4.72 Å². The molecule has 4 aromatic rings. The van der Waals surface area contributed by atoms with Crippen molar-refractivity contribution in [2.24, 2.45) is 0 Å². The van der Waals surface area contributed by atoms with Crippen molar-refractivity contribution in [2.45, 2.75) is 18.0 Å². The molecule has 0 aliphatic heterocycles. The van der Waals surface area contributed by atoms with Crippen LogP contribution in [0.4, 0.5) is 18.9 Å². The molecule has 2 aromatic heterocycles. The van der Waals surface area contributed by atoms with Gasteiger partial charge in [0.1, 0.15) is 12.0 Å². The predicted molar refractivity (Wildman–Crippen MR) is 106 cm³/mol. The molecule has 0 fully saturated rings. The first-order chi connectivity index (χ1) is 14.1. The van der Waals surface area contributed by atoms with Gasteiger partial charge in [0.05, 0.1) is 16.2 Å². The van der Waals surface area contributed by atoms with Crippen molar-refractivity contribution in [3.63, 3.8) is 0 Å². The summed E-state index contributed by atoms with van der Waals surface area (Å²) in [5.41, 5.74) is 2.45. The zero-order chi connectivity index (χ0) is 21.5. The van der Waals surface area contributed by atoms with E-state index >= 15 is 0 Å². The molecule has 0 unspecified atom stereocenters. The van der Waals surface area contributed by atoms with Gasteiger partial charge in [-0.3, -0.25) is 4.72 Å². The lowest BCUT2D eigenvalue weighted by Gasteiger charge is -2.11. The lowest BCUT2D eigenvalue weighted by atomic mass is 10.1. The van der Waals surface area contributed by atoms with Crippen LogP contribution in [0.25, 0.3) is 22.3 Å². The minimum atomic E-state index is -4.53. The number of benzene rings is 2. The summed E-state index contributed by atoms with van der Waals surface area (Å²) in [6, 6.07) is 11.8. The summed E-state index contributed by atoms with van der Waals surface area (Å²) in [6.45, 7) is 1.91. The maximum Gasteiger partial charge on any atom is 0.416 e. The van der Waals surface area contributed by atoms with Crippen molar-refractivity contribution in [1.82, 2.24) is 15.0 Å². The Hall–Kier alpha value is -3.40. The molecule has 10 heteroatoms. The highest BCUT2D eigenvalue weighted by atomic mass is 32.2. The summed E-state index contributed by atoms with van der Waals surface area (Å²) in [5.74, 6) is 0. The first-order valence-electron chi connectivity index (χ1n) is 8.74. The number of nitrogens with one attached hydrogen (secondary N) is 2. The average molecular weight is 432 g/mol. The Balaban J connectivity index is 1.58. The number of alkyl halides is 3. The number of H-pyrrole nitrogens is 1. The van der Waals surface area contributed by atoms with E-state index in [0.717, 1.165) is 40.9 Å². The Morgan fingerprint density at radius 3 is 2.27 bits per heavy atom. The van der Waals surface area contributed by atoms with Crippen LogP contribution < -0.4 is 4.72 Å². The average Bonchev–Trinajstić information content (AvgIpc) is 3.08.